The molecule has 10 heteroatoms. The second-order valence-corrected chi connectivity index (χ2v) is 7.84. The van der Waals surface area contributed by atoms with Crippen LogP contribution in [0.2, 0.25) is 0 Å². The molecule has 0 aliphatic heterocycles. The van der Waals surface area contributed by atoms with Crippen LogP contribution in [0.15, 0.2) is 57.8 Å². The first-order valence-electron chi connectivity index (χ1n) is 7.71. The van der Waals surface area contributed by atoms with Gasteiger partial charge in [-0.2, -0.15) is 0 Å². The Morgan fingerprint density at radius 1 is 1.11 bits per heavy atom. The number of anilines is 1. The fraction of sp³-hybridized carbons (Fsp3) is 0.118. The Labute approximate surface area is 154 Å². The van der Waals surface area contributed by atoms with E-state index in [9.17, 15) is 17.6 Å². The van der Waals surface area contributed by atoms with Gasteiger partial charge in [0.1, 0.15) is 5.82 Å². The van der Waals surface area contributed by atoms with Crippen molar-refractivity contribution in [2.75, 3.05) is 19.4 Å². The van der Waals surface area contributed by atoms with Gasteiger partial charge in [0, 0.05) is 25.2 Å². The van der Waals surface area contributed by atoms with Crippen molar-refractivity contribution in [1.82, 2.24) is 14.5 Å². The van der Waals surface area contributed by atoms with Gasteiger partial charge in [-0.05, 0) is 42.5 Å². The fourth-order valence-electron chi connectivity index (χ4n) is 2.17. The third-order valence-corrected chi connectivity index (χ3v) is 5.44. The predicted octanol–water partition coefficient (Wildman–Crippen LogP) is 2.38. The monoisotopic (exact) mass is 390 g/mol. The third-order valence-electron chi connectivity index (χ3n) is 3.61. The molecule has 3 rings (SSSR count). The molecule has 0 unspecified atom stereocenters. The van der Waals surface area contributed by atoms with Crippen molar-refractivity contribution in [3.05, 3.63) is 59.9 Å². The van der Waals surface area contributed by atoms with Crippen molar-refractivity contribution in [3.63, 3.8) is 0 Å². The number of aromatic nitrogens is 2. The number of carbonyl (C=O) groups is 1. The predicted molar refractivity (Wildman–Crippen MR) is 95.0 cm³/mol. The smallest absolute Gasteiger partial charge is 0.322 e. The molecule has 0 aliphatic rings. The summed E-state index contributed by atoms with van der Waals surface area (Å²) in [6, 6.07) is 10.9. The second-order valence-electron chi connectivity index (χ2n) is 5.69. The zero-order chi connectivity index (χ0) is 19.6. The minimum absolute atomic E-state index is 0.0957. The third kappa shape index (κ3) is 4.01. The normalized spacial score (nSPS) is 11.6. The lowest BCUT2D eigenvalue weighted by molar-refractivity contribution is 0.102. The lowest BCUT2D eigenvalue weighted by atomic mass is 10.2. The molecule has 0 radical (unpaired) electrons. The molecule has 3 aromatic rings. The zero-order valence-corrected chi connectivity index (χ0v) is 15.2. The summed E-state index contributed by atoms with van der Waals surface area (Å²) in [7, 11) is -0.663. The summed E-state index contributed by atoms with van der Waals surface area (Å²) in [5.41, 5.74) is 0.583. The van der Waals surface area contributed by atoms with Gasteiger partial charge in [-0.1, -0.05) is 11.2 Å². The van der Waals surface area contributed by atoms with Crippen LogP contribution in [-0.2, 0) is 10.0 Å². The quantitative estimate of drug-likeness (QED) is 0.717. The number of rotatable bonds is 5. The van der Waals surface area contributed by atoms with Gasteiger partial charge in [0.05, 0.1) is 4.90 Å². The van der Waals surface area contributed by atoms with E-state index in [0.717, 1.165) is 10.4 Å². The van der Waals surface area contributed by atoms with E-state index in [1.165, 1.54) is 56.6 Å². The van der Waals surface area contributed by atoms with Crippen molar-refractivity contribution in [1.29, 1.82) is 0 Å². The number of hydrogen-bond donors (Lipinski definition) is 1. The number of hydrogen-bond acceptors (Lipinski definition) is 6. The van der Waals surface area contributed by atoms with E-state index in [0.29, 0.717) is 5.56 Å². The molecule has 140 valence electrons. The Morgan fingerprint density at radius 3 is 2.44 bits per heavy atom. The summed E-state index contributed by atoms with van der Waals surface area (Å²) in [4.78, 5) is 12.2. The Morgan fingerprint density at radius 2 is 1.81 bits per heavy atom. The number of sulfonamides is 1. The molecule has 1 amide bonds. The van der Waals surface area contributed by atoms with E-state index >= 15 is 0 Å². The van der Waals surface area contributed by atoms with Gasteiger partial charge < -0.3 is 4.42 Å². The van der Waals surface area contributed by atoms with Crippen LogP contribution < -0.4 is 5.32 Å². The van der Waals surface area contributed by atoms with Crippen LogP contribution in [0.3, 0.4) is 0 Å². The minimum Gasteiger partial charge on any atom is -0.403 e. The van der Waals surface area contributed by atoms with Crippen LogP contribution in [0.25, 0.3) is 11.5 Å². The zero-order valence-electron chi connectivity index (χ0n) is 14.4. The fourth-order valence-corrected chi connectivity index (χ4v) is 3.07. The lowest BCUT2D eigenvalue weighted by Crippen LogP contribution is -2.22. The molecule has 0 saturated heterocycles. The number of benzene rings is 2. The van der Waals surface area contributed by atoms with E-state index in [-0.39, 0.29) is 22.4 Å². The molecular formula is C17H15FN4O4S. The van der Waals surface area contributed by atoms with Crippen molar-refractivity contribution < 1.29 is 22.0 Å². The van der Waals surface area contributed by atoms with Crippen LogP contribution in [-0.4, -0.2) is 42.9 Å². The maximum atomic E-state index is 13.2. The Kier molecular flexibility index (Phi) is 5.02. The highest BCUT2D eigenvalue weighted by molar-refractivity contribution is 7.89. The van der Waals surface area contributed by atoms with Gasteiger partial charge >= 0.3 is 6.01 Å². The molecule has 0 aliphatic carbocycles. The first-order valence-corrected chi connectivity index (χ1v) is 9.15. The van der Waals surface area contributed by atoms with Crippen molar-refractivity contribution >= 4 is 21.9 Å². The van der Waals surface area contributed by atoms with Crippen molar-refractivity contribution in [3.8, 4) is 11.5 Å². The van der Waals surface area contributed by atoms with Crippen LogP contribution in [0.5, 0.6) is 0 Å². The standard InChI is InChI=1S/C17H15FN4O4S/c1-22(2)27(24,25)14-8-6-11(7-9-14)16-20-21-17(26-16)19-15(23)12-4-3-5-13(18)10-12/h3-10H,1-2H3,(H,19,21,23). The summed E-state index contributed by atoms with van der Waals surface area (Å²) in [5, 5.41) is 9.90. The molecule has 27 heavy (non-hydrogen) atoms. The first kappa shape index (κ1) is 18.7. The van der Waals surface area contributed by atoms with E-state index in [4.69, 9.17) is 4.42 Å². The summed E-state index contributed by atoms with van der Waals surface area (Å²) >= 11 is 0. The molecule has 0 atom stereocenters. The van der Waals surface area contributed by atoms with Crippen LogP contribution in [0, 0.1) is 5.82 Å². The molecule has 8 nitrogen and oxygen atoms in total. The Bertz CT molecular complexity index is 1080. The van der Waals surface area contributed by atoms with Crippen LogP contribution >= 0.6 is 0 Å². The summed E-state index contributed by atoms with van der Waals surface area (Å²) in [6.45, 7) is 0. The van der Waals surface area contributed by atoms with Gasteiger partial charge in [0.2, 0.25) is 15.9 Å². The average molecular weight is 390 g/mol. The van der Waals surface area contributed by atoms with Crippen molar-refractivity contribution in [2.45, 2.75) is 4.90 Å². The van der Waals surface area contributed by atoms with E-state index < -0.39 is 21.7 Å². The van der Waals surface area contributed by atoms with Gasteiger partial charge in [0.15, 0.2) is 0 Å². The summed E-state index contributed by atoms with van der Waals surface area (Å²) in [5.74, 6) is -1.04. The Hall–Kier alpha value is -3.11. The van der Waals surface area contributed by atoms with Crippen molar-refractivity contribution in [2.24, 2.45) is 0 Å². The van der Waals surface area contributed by atoms with E-state index in [2.05, 4.69) is 15.5 Å². The van der Waals surface area contributed by atoms with Crippen LogP contribution in [0.4, 0.5) is 10.4 Å². The summed E-state index contributed by atoms with van der Waals surface area (Å²) in [6.07, 6.45) is 0. The molecule has 1 aromatic heterocycles. The topological polar surface area (TPSA) is 105 Å². The minimum atomic E-state index is -3.54. The van der Waals surface area contributed by atoms with Gasteiger partial charge in [-0.25, -0.2) is 17.1 Å². The number of nitrogens with one attached hydrogen (secondary N) is 1. The van der Waals surface area contributed by atoms with E-state index in [1.54, 1.807) is 0 Å². The highest BCUT2D eigenvalue weighted by Crippen LogP contribution is 2.23. The molecule has 2 aromatic carbocycles. The molecule has 0 bridgehead atoms. The number of carbonyl (C=O) groups excluding carboxylic acids is 1. The highest BCUT2D eigenvalue weighted by Gasteiger charge is 2.18. The van der Waals surface area contributed by atoms with E-state index in [1.807, 2.05) is 0 Å². The first-order chi connectivity index (χ1) is 12.8. The number of amides is 1. The van der Waals surface area contributed by atoms with Crippen LogP contribution in [0.1, 0.15) is 10.4 Å². The maximum absolute atomic E-state index is 13.2. The molecule has 0 fully saturated rings. The lowest BCUT2D eigenvalue weighted by Gasteiger charge is -2.11. The Balaban J connectivity index is 1.77. The largest absolute Gasteiger partial charge is 0.403 e. The maximum Gasteiger partial charge on any atom is 0.322 e. The highest BCUT2D eigenvalue weighted by atomic mass is 32.2. The van der Waals surface area contributed by atoms with Gasteiger partial charge in [0.25, 0.3) is 5.91 Å². The second kappa shape index (κ2) is 7.25. The van der Waals surface area contributed by atoms with Gasteiger partial charge in [-0.15, -0.1) is 5.10 Å². The summed E-state index contributed by atoms with van der Waals surface area (Å²) < 4.78 is 43.8. The average Bonchev–Trinajstić information content (AvgIpc) is 3.10. The molecule has 0 spiro atoms. The molecular weight excluding hydrogens is 375 g/mol. The molecule has 1 heterocycles. The molecule has 0 saturated carbocycles. The van der Waals surface area contributed by atoms with Gasteiger partial charge in [-0.3, -0.25) is 10.1 Å². The number of nitrogens with zero attached hydrogens (tertiary/aromatic N) is 3. The SMILES string of the molecule is CN(C)S(=O)(=O)c1ccc(-c2nnc(NC(=O)c3cccc(F)c3)o2)cc1. The number of halogens is 1. The molecule has 1 N–H and O–H groups in total.